The minimum absolute atomic E-state index is 0.00903. The minimum Gasteiger partial charge on any atom is -0.474 e. The van der Waals surface area contributed by atoms with Gasteiger partial charge in [0.1, 0.15) is 41.2 Å². The zero-order chi connectivity index (χ0) is 31.3. The summed E-state index contributed by atoms with van der Waals surface area (Å²) in [6.45, 7) is 8.02. The molecule has 4 N–H and O–H groups in total. The predicted octanol–water partition coefficient (Wildman–Crippen LogP) is 5.45. The molecule has 0 aliphatic carbocycles. The van der Waals surface area contributed by atoms with Crippen molar-refractivity contribution in [3.05, 3.63) is 53.1 Å². The van der Waals surface area contributed by atoms with Crippen LogP contribution in [-0.4, -0.2) is 50.7 Å². The highest BCUT2D eigenvalue weighted by atomic mass is 19.4. The standard InChI is InChI=1S/C26H25F5N8O2.C2H6/c1-12-3-5-33-7-8-35-23-17-22(38-25(39-23)40-10-14-4-6-34-11-36-14)20(28)21(37-24(17)41-12)15-9-16(32)19(27)13(2)18(15)26(29,30)31;1-2/h4,6,9,11-12,33H,3,5,7-8,10,32H2,1-2H3,(H,35,38,39);1-2H3. The van der Waals surface area contributed by atoms with Crippen LogP contribution in [0.1, 0.15) is 44.0 Å². The summed E-state index contributed by atoms with van der Waals surface area (Å²) in [6, 6.07) is 2.03. The van der Waals surface area contributed by atoms with Crippen molar-refractivity contribution in [2.24, 2.45) is 0 Å². The van der Waals surface area contributed by atoms with Crippen molar-refractivity contribution >= 4 is 22.4 Å². The fraction of sp³-hybridized carbons (Fsp3) is 0.393. The molecule has 1 atom stereocenters. The van der Waals surface area contributed by atoms with Gasteiger partial charge < -0.3 is 25.8 Å². The van der Waals surface area contributed by atoms with E-state index in [4.69, 9.17) is 15.2 Å². The Hall–Kier alpha value is -4.40. The molecule has 0 amide bonds. The molecule has 0 fully saturated rings. The molecule has 10 nitrogen and oxygen atoms in total. The van der Waals surface area contributed by atoms with Crippen molar-refractivity contribution in [2.75, 3.05) is 30.7 Å². The molecule has 3 aromatic heterocycles. The number of halogens is 5. The second-order valence-electron chi connectivity index (χ2n) is 9.37. The molecule has 1 aliphatic heterocycles. The lowest BCUT2D eigenvalue weighted by Crippen LogP contribution is -2.26. The Balaban J connectivity index is 0.00000207. The Morgan fingerprint density at radius 3 is 2.56 bits per heavy atom. The monoisotopic (exact) mass is 606 g/mol. The van der Waals surface area contributed by atoms with Crippen molar-refractivity contribution in [1.29, 1.82) is 0 Å². The third kappa shape index (κ3) is 6.82. The molecule has 15 heteroatoms. The predicted molar refractivity (Wildman–Crippen MR) is 151 cm³/mol. The van der Waals surface area contributed by atoms with Crippen molar-refractivity contribution < 1.29 is 31.4 Å². The van der Waals surface area contributed by atoms with Crippen LogP contribution in [0.15, 0.2) is 24.7 Å². The summed E-state index contributed by atoms with van der Waals surface area (Å²) < 4.78 is 85.1. The van der Waals surface area contributed by atoms with E-state index in [2.05, 4.69) is 35.6 Å². The number of anilines is 2. The van der Waals surface area contributed by atoms with E-state index < -0.39 is 57.5 Å². The molecular weight excluding hydrogens is 575 g/mol. The molecule has 43 heavy (non-hydrogen) atoms. The first-order valence-corrected chi connectivity index (χ1v) is 13.6. The Labute approximate surface area is 244 Å². The quantitative estimate of drug-likeness (QED) is 0.204. The van der Waals surface area contributed by atoms with E-state index in [9.17, 15) is 17.6 Å². The van der Waals surface area contributed by atoms with Crippen LogP contribution in [0.25, 0.3) is 22.2 Å². The lowest BCUT2D eigenvalue weighted by molar-refractivity contribution is -0.137. The number of nitrogen functional groups attached to an aromatic ring is 1. The zero-order valence-corrected chi connectivity index (χ0v) is 23.9. The highest BCUT2D eigenvalue weighted by Crippen LogP contribution is 2.44. The highest BCUT2D eigenvalue weighted by Gasteiger charge is 2.39. The summed E-state index contributed by atoms with van der Waals surface area (Å²) >= 11 is 0. The average molecular weight is 607 g/mol. The number of hydrogen-bond acceptors (Lipinski definition) is 10. The Bertz CT molecular complexity index is 1590. The Morgan fingerprint density at radius 2 is 1.86 bits per heavy atom. The number of nitrogens with zero attached hydrogens (tertiary/aromatic N) is 5. The molecule has 0 bridgehead atoms. The first kappa shape index (κ1) is 31.5. The minimum atomic E-state index is -5.06. The fourth-order valence-electron chi connectivity index (χ4n) is 4.44. The number of aromatic nitrogens is 5. The summed E-state index contributed by atoms with van der Waals surface area (Å²) in [5, 5.41) is 6.30. The van der Waals surface area contributed by atoms with E-state index >= 15 is 4.39 Å². The zero-order valence-electron chi connectivity index (χ0n) is 23.9. The molecule has 0 saturated heterocycles. The van der Waals surface area contributed by atoms with Crippen LogP contribution < -0.4 is 25.8 Å². The fourth-order valence-corrected chi connectivity index (χ4v) is 4.44. The molecule has 5 rings (SSSR count). The second-order valence-corrected chi connectivity index (χ2v) is 9.37. The molecule has 4 heterocycles. The number of ether oxygens (including phenoxy) is 2. The lowest BCUT2D eigenvalue weighted by Gasteiger charge is -2.21. The maximum atomic E-state index is 16.3. The lowest BCUT2D eigenvalue weighted by atomic mass is 9.96. The van der Waals surface area contributed by atoms with Gasteiger partial charge in [0.25, 0.3) is 0 Å². The molecule has 4 aromatic rings. The van der Waals surface area contributed by atoms with Crippen LogP contribution in [0.3, 0.4) is 0 Å². The van der Waals surface area contributed by atoms with Gasteiger partial charge in [-0.15, -0.1) is 0 Å². The SMILES string of the molecule is CC.Cc1c(F)c(N)cc(-c2nc3c4c(nc(OCc5ccncn5)nc4c2F)NCCNCCC(C)O3)c1C(F)(F)F. The van der Waals surface area contributed by atoms with Gasteiger partial charge >= 0.3 is 12.2 Å². The highest BCUT2D eigenvalue weighted by molar-refractivity contribution is 5.96. The summed E-state index contributed by atoms with van der Waals surface area (Å²) in [7, 11) is 0. The van der Waals surface area contributed by atoms with Gasteiger partial charge in [-0.05, 0) is 44.5 Å². The van der Waals surface area contributed by atoms with Gasteiger partial charge in [0.15, 0.2) is 5.82 Å². The topological polar surface area (TPSA) is 133 Å². The largest absolute Gasteiger partial charge is 0.474 e. The Morgan fingerprint density at radius 1 is 1.09 bits per heavy atom. The number of benzene rings is 1. The van der Waals surface area contributed by atoms with Crippen molar-refractivity contribution in [3.8, 4) is 23.1 Å². The van der Waals surface area contributed by atoms with E-state index in [0.717, 1.165) is 6.92 Å². The van der Waals surface area contributed by atoms with Crippen molar-refractivity contribution in [1.82, 2.24) is 30.2 Å². The van der Waals surface area contributed by atoms with Gasteiger partial charge in [-0.3, -0.25) is 0 Å². The van der Waals surface area contributed by atoms with Crippen LogP contribution in [0.5, 0.6) is 11.9 Å². The second kappa shape index (κ2) is 13.3. The maximum absolute atomic E-state index is 16.3. The van der Waals surface area contributed by atoms with E-state index in [1.54, 1.807) is 13.0 Å². The first-order valence-electron chi connectivity index (χ1n) is 13.6. The van der Waals surface area contributed by atoms with Crippen LogP contribution in [-0.2, 0) is 12.8 Å². The molecule has 1 aliphatic rings. The van der Waals surface area contributed by atoms with Gasteiger partial charge in [0, 0.05) is 24.8 Å². The number of hydrogen-bond donors (Lipinski definition) is 3. The summed E-state index contributed by atoms with van der Waals surface area (Å²) in [6.07, 6.45) is -2.19. The molecule has 0 spiro atoms. The molecule has 0 saturated carbocycles. The third-order valence-electron chi connectivity index (χ3n) is 6.42. The van der Waals surface area contributed by atoms with Crippen LogP contribution in [0.2, 0.25) is 0 Å². The summed E-state index contributed by atoms with van der Waals surface area (Å²) in [5.74, 6) is -2.58. The Kier molecular flexibility index (Phi) is 9.73. The third-order valence-corrected chi connectivity index (χ3v) is 6.42. The van der Waals surface area contributed by atoms with Crippen LogP contribution in [0.4, 0.5) is 33.5 Å². The smallest absolute Gasteiger partial charge is 0.417 e. The van der Waals surface area contributed by atoms with Gasteiger partial charge in [0.2, 0.25) is 5.88 Å². The summed E-state index contributed by atoms with van der Waals surface area (Å²) in [4.78, 5) is 20.6. The average Bonchev–Trinajstić information content (AvgIpc) is 3.01. The van der Waals surface area contributed by atoms with Crippen LogP contribution in [0, 0.1) is 18.6 Å². The number of nitrogens with one attached hydrogen (secondary N) is 2. The molecule has 0 radical (unpaired) electrons. The van der Waals surface area contributed by atoms with E-state index in [0.29, 0.717) is 37.8 Å². The molecule has 1 aromatic carbocycles. The number of nitrogens with two attached hydrogens (primary N) is 1. The van der Waals surface area contributed by atoms with Crippen molar-refractivity contribution in [2.45, 2.75) is 53.0 Å². The molecule has 230 valence electrons. The van der Waals surface area contributed by atoms with E-state index in [1.165, 1.54) is 12.5 Å². The van der Waals surface area contributed by atoms with E-state index in [1.807, 2.05) is 13.8 Å². The number of alkyl halides is 3. The number of pyridine rings is 1. The normalized spacial score (nSPS) is 15.4. The van der Waals surface area contributed by atoms with E-state index in [-0.39, 0.29) is 29.7 Å². The van der Waals surface area contributed by atoms with Gasteiger partial charge in [-0.1, -0.05) is 13.8 Å². The van der Waals surface area contributed by atoms with Gasteiger partial charge in [-0.25, -0.2) is 23.7 Å². The van der Waals surface area contributed by atoms with Gasteiger partial charge in [-0.2, -0.15) is 23.1 Å². The first-order chi connectivity index (χ1) is 20.5. The molecular formula is C28H31F5N8O2. The van der Waals surface area contributed by atoms with Crippen molar-refractivity contribution in [3.63, 3.8) is 0 Å². The van der Waals surface area contributed by atoms with Gasteiger partial charge in [0.05, 0.1) is 23.0 Å². The van der Waals surface area contributed by atoms with Crippen LogP contribution >= 0.6 is 0 Å². The maximum Gasteiger partial charge on any atom is 0.417 e. The molecule has 1 unspecified atom stereocenters. The summed E-state index contributed by atoms with van der Waals surface area (Å²) in [5.41, 5.74) is 1.43. The number of rotatable bonds is 4.